The fraction of sp³-hybridized carbons (Fsp3) is 0.516. The van der Waals surface area contributed by atoms with Gasteiger partial charge in [0.25, 0.3) is 0 Å². The molecule has 0 amide bonds. The SMILES string of the molecule is CCCCN(CCCC)c1ccc(N(c2ccc(N(CCCC)CCCC)cc2)c2ccc([N+](=C3C=CC(=[N+](CCCC)CCCC)C=C3)c3ccc(N(CCCC)CCCC)cc3)cc2)cc1.F.F[As](F)(F)(F)F.F[As](F)(F)F.[F-].[F-]. The molecule has 0 aliphatic heterocycles. The Labute approximate surface area is 490 Å². The molecule has 0 fully saturated rings. The molecule has 0 spiro atoms. The zero-order valence-electron chi connectivity index (χ0n) is 49.7. The first-order valence-corrected chi connectivity index (χ1v) is 35.4. The van der Waals surface area contributed by atoms with E-state index in [0.717, 1.165) is 63.7 Å². The quantitative estimate of drug-likeness (QED) is 0.0210. The normalized spacial score (nSPS) is 12.2. The molecule has 5 rings (SSSR count). The van der Waals surface area contributed by atoms with Crippen LogP contribution in [0.5, 0.6) is 0 Å². The molecule has 4 aromatic carbocycles. The second-order valence-electron chi connectivity index (χ2n) is 20.1. The Kier molecular flexibility index (Phi) is 38.1. The van der Waals surface area contributed by atoms with Gasteiger partial charge in [0.1, 0.15) is 13.1 Å². The molecule has 0 saturated heterocycles. The van der Waals surface area contributed by atoms with Crippen LogP contribution in [0.4, 0.5) is 81.4 Å². The average Bonchev–Trinajstić information content (AvgIpc) is 3.41. The second kappa shape index (κ2) is 40.4. The zero-order valence-corrected chi connectivity index (χ0v) is 53.4. The summed E-state index contributed by atoms with van der Waals surface area (Å²) in [5.41, 5.74) is 12.2. The summed E-state index contributed by atoms with van der Waals surface area (Å²) >= 11 is -15.9. The first kappa shape index (κ1) is 77.2. The van der Waals surface area contributed by atoms with Gasteiger partial charge in [-0.25, -0.2) is 4.58 Å². The zero-order chi connectivity index (χ0) is 58.3. The van der Waals surface area contributed by atoms with Gasteiger partial charge in [-0.1, -0.05) is 107 Å². The van der Waals surface area contributed by atoms with Gasteiger partial charge in [-0.3, -0.25) is 4.70 Å². The van der Waals surface area contributed by atoms with Gasteiger partial charge in [0.05, 0.1) is 0 Å². The molecule has 0 saturated carbocycles. The molecule has 0 atom stereocenters. The van der Waals surface area contributed by atoms with Gasteiger partial charge in [0, 0.05) is 135 Å². The number of rotatable bonds is 32. The number of benzene rings is 4. The van der Waals surface area contributed by atoms with Crippen LogP contribution in [-0.2, 0) is 0 Å². The Morgan fingerprint density at radius 1 is 0.354 bits per heavy atom. The van der Waals surface area contributed by atoms with Crippen LogP contribution in [0.25, 0.3) is 0 Å². The van der Waals surface area contributed by atoms with Crippen LogP contribution in [0, 0.1) is 0 Å². The Hall–Kier alpha value is -4.82. The molecular formula is C62H93As2F12N6. The maximum atomic E-state index is 9.89. The summed E-state index contributed by atoms with van der Waals surface area (Å²) in [5, 5.41) is 0. The molecule has 0 unspecified atom stereocenters. The van der Waals surface area contributed by atoms with Crippen molar-refractivity contribution in [2.75, 3.05) is 72.0 Å². The Morgan fingerprint density at radius 2 is 0.561 bits per heavy atom. The molecule has 0 N–H and O–H groups in total. The van der Waals surface area contributed by atoms with Crippen molar-refractivity contribution < 1.29 is 49.9 Å². The van der Waals surface area contributed by atoms with Crippen molar-refractivity contribution in [2.45, 2.75) is 158 Å². The van der Waals surface area contributed by atoms with Crippen molar-refractivity contribution in [3.8, 4) is 0 Å². The third-order valence-corrected chi connectivity index (χ3v) is 13.5. The van der Waals surface area contributed by atoms with E-state index in [9.17, 15) is 31.2 Å². The summed E-state index contributed by atoms with van der Waals surface area (Å²) in [6, 6.07) is 37.4. The molecule has 0 aromatic heterocycles. The van der Waals surface area contributed by atoms with Crippen LogP contribution in [-0.4, -0.2) is 98.6 Å². The van der Waals surface area contributed by atoms with Crippen molar-refractivity contribution in [3.63, 3.8) is 0 Å². The van der Waals surface area contributed by atoms with Gasteiger partial charge < -0.3 is 29.0 Å². The minimum atomic E-state index is -8.99. The fourth-order valence-corrected chi connectivity index (χ4v) is 9.17. The molecule has 82 heavy (non-hydrogen) atoms. The number of hydrogen-bond acceptors (Lipinski definition) is 4. The molecule has 0 heterocycles. The van der Waals surface area contributed by atoms with Crippen LogP contribution in [0.3, 0.4) is 0 Å². The third-order valence-electron chi connectivity index (χ3n) is 13.5. The summed E-state index contributed by atoms with van der Waals surface area (Å²) in [6.45, 7) is 27.1. The molecule has 1 aliphatic carbocycles. The van der Waals surface area contributed by atoms with Crippen molar-refractivity contribution in [1.29, 1.82) is 0 Å². The smallest absolute Gasteiger partial charge is 1.00 e. The van der Waals surface area contributed by atoms with Crippen molar-refractivity contribution in [3.05, 3.63) is 121 Å². The second-order valence-corrected chi connectivity index (χ2v) is 24.3. The summed E-state index contributed by atoms with van der Waals surface area (Å²) in [5.74, 6) is 0. The molecule has 465 valence electrons. The Morgan fingerprint density at radius 3 is 0.805 bits per heavy atom. The van der Waals surface area contributed by atoms with Crippen molar-refractivity contribution >= 4 is 87.2 Å². The van der Waals surface area contributed by atoms with Gasteiger partial charge in [-0.2, -0.15) is 4.58 Å². The maximum Gasteiger partial charge on any atom is -1.00 e. The fourth-order valence-electron chi connectivity index (χ4n) is 9.17. The predicted octanol–water partition coefficient (Wildman–Crippen LogP) is 14.0. The van der Waals surface area contributed by atoms with Crippen LogP contribution >= 0.6 is 0 Å². The molecule has 1 aliphatic rings. The van der Waals surface area contributed by atoms with Crippen LogP contribution < -0.4 is 33.6 Å². The van der Waals surface area contributed by atoms with Gasteiger partial charge in [0.2, 0.25) is 17.1 Å². The maximum absolute atomic E-state index is 9.89. The van der Waals surface area contributed by atoms with E-state index < -0.39 is 30.2 Å². The summed E-state index contributed by atoms with van der Waals surface area (Å²) in [6.07, 6.45) is 28.7. The summed E-state index contributed by atoms with van der Waals surface area (Å²) in [4.78, 5) is 10.2. The van der Waals surface area contributed by atoms with E-state index in [1.54, 1.807) is 0 Å². The Bertz CT molecular complexity index is 2310. The van der Waals surface area contributed by atoms with Crippen molar-refractivity contribution in [1.82, 2.24) is 4.58 Å². The topological polar surface area (TPSA) is 19.0 Å². The van der Waals surface area contributed by atoms with E-state index >= 15 is 0 Å². The van der Waals surface area contributed by atoms with E-state index in [-0.39, 0.29) is 14.1 Å². The monoisotopic (exact) mass is 1300 g/mol. The third kappa shape index (κ3) is 30.1. The predicted molar refractivity (Wildman–Crippen MR) is 327 cm³/mol. The van der Waals surface area contributed by atoms with E-state index in [2.05, 4.69) is 206 Å². The van der Waals surface area contributed by atoms with E-state index in [0.29, 0.717) is 0 Å². The van der Waals surface area contributed by atoms with Gasteiger partial charge in [-0.05, 0) is 111 Å². The summed E-state index contributed by atoms with van der Waals surface area (Å²) in [7, 11) is 0. The van der Waals surface area contributed by atoms with Gasteiger partial charge >= 0.3 is 61.4 Å². The number of unbranched alkanes of at least 4 members (excludes halogenated alkanes) is 8. The molecule has 6 nitrogen and oxygen atoms in total. The molecule has 4 aromatic rings. The molecule has 1 radical (unpaired) electrons. The van der Waals surface area contributed by atoms with Gasteiger partial charge in [-0.15, -0.1) is 0 Å². The minimum absolute atomic E-state index is 0. The van der Waals surface area contributed by atoms with Crippen LogP contribution in [0.1, 0.15) is 158 Å². The number of allylic oxidation sites excluding steroid dienone is 4. The summed E-state index contributed by atoms with van der Waals surface area (Å²) < 4.78 is 93.9. The largest absolute Gasteiger partial charge is 1.00 e. The molecule has 20 heteroatoms. The number of anilines is 6. The van der Waals surface area contributed by atoms with Crippen LogP contribution in [0.15, 0.2) is 121 Å². The standard InChI is InChI=1S/C62H92N6.AsF5.AsF4.3FH/c1-9-17-45-63(46-18-10-2)53-25-33-57(34-26-53)67(58-35-27-54(28-36-58)64(47-19-11-3)48-20-12-4)61-41-43-62(44-42-61)68(59-37-29-55(30-38-59)65(49-21-13-5)50-22-14-6)60-39-31-56(32-40-60)66(51-23-15-7)52-24-16-8;2-1(3,4,5)6;2-1(3,4)5;;;/h25-44H,9-24,45-52H2,1-8H3;;;3*1H/q+2;;;;;/p-2. The number of hydrogen-bond donors (Lipinski definition) is 0. The van der Waals surface area contributed by atoms with E-state index in [1.807, 2.05) is 0 Å². The van der Waals surface area contributed by atoms with E-state index in [4.69, 9.17) is 0 Å². The first-order chi connectivity index (χ1) is 37.7. The van der Waals surface area contributed by atoms with Gasteiger partial charge in [0.15, 0.2) is 5.71 Å². The molecule has 0 bridgehead atoms. The Balaban J connectivity index is 0.00000426. The van der Waals surface area contributed by atoms with E-state index in [1.165, 1.54) is 148 Å². The average molecular weight is 1300 g/mol. The van der Waals surface area contributed by atoms with Crippen LogP contribution in [0.2, 0.25) is 0 Å². The number of nitrogens with zero attached hydrogens (tertiary/aromatic N) is 6. The van der Waals surface area contributed by atoms with Crippen molar-refractivity contribution in [2.24, 2.45) is 0 Å². The first-order valence-electron chi connectivity index (χ1n) is 29.1. The number of halogens is 12. The molecular weight excluding hydrogens is 1210 g/mol. The minimum Gasteiger partial charge on any atom is -1.00 e.